The first-order valence-corrected chi connectivity index (χ1v) is 7.32. The molecule has 1 aromatic heterocycles. The van der Waals surface area contributed by atoms with E-state index >= 15 is 0 Å². The number of rotatable bonds is 7. The molecule has 0 aromatic carbocycles. The van der Waals surface area contributed by atoms with Crippen molar-refractivity contribution in [3.8, 4) is 0 Å². The molecule has 3 N–H and O–H groups in total. The SMILES string of the molecule is CC(C)N(C(C)C)C(C)CCN(C(N)=O)c1ccc[nH]1. The predicted molar refractivity (Wildman–Crippen MR) is 83.9 cm³/mol. The molecule has 1 rings (SSSR count). The first-order valence-electron chi connectivity index (χ1n) is 7.32. The molecule has 0 fully saturated rings. The standard InChI is InChI=1S/C15H28N4O/c1-11(2)19(12(3)4)13(5)8-10-18(15(16)20)14-7-6-9-17-14/h6-7,9,11-13,17H,8,10H2,1-5H3,(H2,16,20). The highest BCUT2D eigenvalue weighted by atomic mass is 16.2. The number of amides is 2. The van der Waals surface area contributed by atoms with Crippen LogP contribution in [-0.2, 0) is 0 Å². The van der Waals surface area contributed by atoms with Gasteiger partial charge in [0.05, 0.1) is 0 Å². The molecule has 0 radical (unpaired) electrons. The maximum absolute atomic E-state index is 11.6. The fourth-order valence-corrected chi connectivity index (χ4v) is 2.92. The van der Waals surface area contributed by atoms with Crippen molar-refractivity contribution in [2.24, 2.45) is 5.73 Å². The van der Waals surface area contributed by atoms with Crippen molar-refractivity contribution >= 4 is 11.8 Å². The lowest BCUT2D eigenvalue weighted by molar-refractivity contribution is 0.118. The largest absolute Gasteiger partial charge is 0.351 e. The molecule has 0 saturated heterocycles. The van der Waals surface area contributed by atoms with Crippen LogP contribution >= 0.6 is 0 Å². The fourth-order valence-electron chi connectivity index (χ4n) is 2.92. The van der Waals surface area contributed by atoms with Crippen molar-refractivity contribution in [3.05, 3.63) is 18.3 Å². The number of hydrogen-bond donors (Lipinski definition) is 2. The van der Waals surface area contributed by atoms with Gasteiger partial charge in [0.25, 0.3) is 0 Å². The van der Waals surface area contributed by atoms with Crippen molar-refractivity contribution in [1.82, 2.24) is 9.88 Å². The van der Waals surface area contributed by atoms with Gasteiger partial charge in [-0.15, -0.1) is 0 Å². The predicted octanol–water partition coefficient (Wildman–Crippen LogP) is 2.80. The van der Waals surface area contributed by atoms with Crippen LogP contribution in [0.3, 0.4) is 0 Å². The molecule has 1 heterocycles. The van der Waals surface area contributed by atoms with E-state index in [2.05, 4.69) is 44.5 Å². The van der Waals surface area contributed by atoms with Crippen molar-refractivity contribution in [3.63, 3.8) is 0 Å². The first kappa shape index (κ1) is 16.6. The maximum Gasteiger partial charge on any atom is 0.320 e. The van der Waals surface area contributed by atoms with E-state index in [4.69, 9.17) is 5.73 Å². The van der Waals surface area contributed by atoms with Crippen molar-refractivity contribution in [2.75, 3.05) is 11.4 Å². The van der Waals surface area contributed by atoms with Crippen LogP contribution in [0.2, 0.25) is 0 Å². The number of anilines is 1. The minimum Gasteiger partial charge on any atom is -0.351 e. The van der Waals surface area contributed by atoms with Gasteiger partial charge in [-0.1, -0.05) is 0 Å². The lowest BCUT2D eigenvalue weighted by Gasteiger charge is -2.37. The van der Waals surface area contributed by atoms with Gasteiger partial charge in [-0.05, 0) is 53.2 Å². The summed E-state index contributed by atoms with van der Waals surface area (Å²) < 4.78 is 0. The highest BCUT2D eigenvalue weighted by Crippen LogP contribution is 2.16. The van der Waals surface area contributed by atoms with E-state index in [1.165, 1.54) is 0 Å². The summed E-state index contributed by atoms with van der Waals surface area (Å²) in [5.41, 5.74) is 5.46. The van der Waals surface area contributed by atoms with Gasteiger partial charge < -0.3 is 10.7 Å². The summed E-state index contributed by atoms with van der Waals surface area (Å²) in [6, 6.07) is 4.67. The van der Waals surface area contributed by atoms with Gasteiger partial charge in [-0.3, -0.25) is 9.80 Å². The third kappa shape index (κ3) is 4.27. The van der Waals surface area contributed by atoms with Crippen molar-refractivity contribution in [2.45, 2.75) is 59.2 Å². The zero-order valence-electron chi connectivity index (χ0n) is 13.3. The number of nitrogens with zero attached hydrogens (tertiary/aromatic N) is 2. The molecular weight excluding hydrogens is 252 g/mol. The Kier molecular flexibility index (Phi) is 6.07. The molecule has 0 aliphatic carbocycles. The number of H-pyrrole nitrogens is 1. The summed E-state index contributed by atoms with van der Waals surface area (Å²) in [6.45, 7) is 11.6. The van der Waals surface area contributed by atoms with Gasteiger partial charge in [-0.25, -0.2) is 4.79 Å². The summed E-state index contributed by atoms with van der Waals surface area (Å²) in [5.74, 6) is 0.755. The monoisotopic (exact) mass is 280 g/mol. The summed E-state index contributed by atoms with van der Waals surface area (Å²) >= 11 is 0. The van der Waals surface area contributed by atoms with Gasteiger partial charge in [0.15, 0.2) is 0 Å². The smallest absolute Gasteiger partial charge is 0.320 e. The molecule has 1 atom stereocenters. The molecule has 114 valence electrons. The Hall–Kier alpha value is -1.49. The Morgan fingerprint density at radius 3 is 2.25 bits per heavy atom. The first-order chi connectivity index (χ1) is 9.34. The summed E-state index contributed by atoms with van der Waals surface area (Å²) in [7, 11) is 0. The fraction of sp³-hybridized carbons (Fsp3) is 0.667. The van der Waals surface area contributed by atoms with Crippen LogP contribution < -0.4 is 10.6 Å². The Bertz CT molecular complexity index is 392. The molecule has 20 heavy (non-hydrogen) atoms. The van der Waals surface area contributed by atoms with E-state index in [-0.39, 0.29) is 0 Å². The average molecular weight is 280 g/mol. The molecule has 0 saturated carbocycles. The van der Waals surface area contributed by atoms with Gasteiger partial charge in [0.1, 0.15) is 5.82 Å². The van der Waals surface area contributed by atoms with Crippen LogP contribution in [0.4, 0.5) is 10.6 Å². The minimum absolute atomic E-state index is 0.395. The zero-order valence-corrected chi connectivity index (χ0v) is 13.3. The minimum atomic E-state index is -0.416. The zero-order chi connectivity index (χ0) is 15.3. The van der Waals surface area contributed by atoms with Crippen LogP contribution in [0.15, 0.2) is 18.3 Å². The molecule has 5 nitrogen and oxygen atoms in total. The molecule has 0 bridgehead atoms. The summed E-state index contributed by atoms with van der Waals surface area (Å²) in [4.78, 5) is 18.6. The van der Waals surface area contributed by atoms with E-state index in [1.807, 2.05) is 12.1 Å². The Balaban J connectivity index is 2.66. The number of carbonyl (C=O) groups excluding carboxylic acids is 1. The number of carbonyl (C=O) groups is 1. The van der Waals surface area contributed by atoms with Crippen LogP contribution in [0, 0.1) is 0 Å². The van der Waals surface area contributed by atoms with Crippen molar-refractivity contribution in [1.29, 1.82) is 0 Å². The lowest BCUT2D eigenvalue weighted by Crippen LogP contribution is -2.46. The summed E-state index contributed by atoms with van der Waals surface area (Å²) in [6.07, 6.45) is 2.68. The molecule has 5 heteroatoms. The maximum atomic E-state index is 11.6. The number of urea groups is 1. The Labute approximate surface area is 122 Å². The van der Waals surface area contributed by atoms with E-state index in [0.29, 0.717) is 24.7 Å². The topological polar surface area (TPSA) is 65.4 Å². The normalized spacial score (nSPS) is 13.2. The number of aromatic amines is 1. The number of aromatic nitrogens is 1. The molecule has 0 spiro atoms. The molecule has 1 unspecified atom stereocenters. The van der Waals surface area contributed by atoms with Gasteiger partial charge >= 0.3 is 6.03 Å². The quantitative estimate of drug-likeness (QED) is 0.806. The number of primary amides is 1. The molecule has 0 aliphatic rings. The van der Waals surface area contributed by atoms with Crippen LogP contribution in [0.1, 0.15) is 41.0 Å². The molecular formula is C15H28N4O. The number of nitrogens with one attached hydrogen (secondary N) is 1. The van der Waals surface area contributed by atoms with Crippen LogP contribution in [0.25, 0.3) is 0 Å². The van der Waals surface area contributed by atoms with Crippen molar-refractivity contribution < 1.29 is 4.79 Å². The average Bonchev–Trinajstić information content (AvgIpc) is 2.81. The van der Waals surface area contributed by atoms with E-state index in [9.17, 15) is 4.79 Å². The summed E-state index contributed by atoms with van der Waals surface area (Å²) in [5, 5.41) is 0. The molecule has 0 aliphatic heterocycles. The van der Waals surface area contributed by atoms with Crippen LogP contribution in [0.5, 0.6) is 0 Å². The van der Waals surface area contributed by atoms with E-state index < -0.39 is 6.03 Å². The number of nitrogens with two attached hydrogens (primary N) is 1. The van der Waals surface area contributed by atoms with Gasteiger partial charge in [0, 0.05) is 30.9 Å². The third-order valence-electron chi connectivity index (χ3n) is 3.61. The van der Waals surface area contributed by atoms with Crippen LogP contribution in [-0.4, -0.2) is 40.6 Å². The van der Waals surface area contributed by atoms with Gasteiger partial charge in [0.2, 0.25) is 0 Å². The highest BCUT2D eigenvalue weighted by Gasteiger charge is 2.22. The second kappa shape index (κ2) is 7.33. The van der Waals surface area contributed by atoms with E-state index in [0.717, 1.165) is 12.2 Å². The highest BCUT2D eigenvalue weighted by molar-refractivity contribution is 5.89. The molecule has 1 aromatic rings. The second-order valence-corrected chi connectivity index (χ2v) is 5.82. The Morgan fingerprint density at radius 2 is 1.85 bits per heavy atom. The molecule has 2 amide bonds. The lowest BCUT2D eigenvalue weighted by atomic mass is 10.1. The van der Waals surface area contributed by atoms with E-state index in [1.54, 1.807) is 11.1 Å². The van der Waals surface area contributed by atoms with Gasteiger partial charge in [-0.2, -0.15) is 0 Å². The second-order valence-electron chi connectivity index (χ2n) is 5.82. The third-order valence-corrected chi connectivity index (χ3v) is 3.61. The number of hydrogen-bond acceptors (Lipinski definition) is 2. The Morgan fingerprint density at radius 1 is 1.25 bits per heavy atom.